The Hall–Kier alpha value is -3.95. The molecule has 172 valence electrons. The summed E-state index contributed by atoms with van der Waals surface area (Å²) in [5.41, 5.74) is 8.57. The summed E-state index contributed by atoms with van der Waals surface area (Å²) in [5.74, 6) is -0.292. The van der Waals surface area contributed by atoms with Crippen molar-refractivity contribution in [3.63, 3.8) is 0 Å². The molecule has 4 N–H and O–H groups in total. The number of nitrogens with one attached hydrogen (secondary N) is 2. The smallest absolute Gasteiger partial charge is 0.261 e. The van der Waals surface area contributed by atoms with E-state index in [-0.39, 0.29) is 16.4 Å². The first-order valence-electron chi connectivity index (χ1n) is 10.1. The summed E-state index contributed by atoms with van der Waals surface area (Å²) >= 11 is 5.84. The van der Waals surface area contributed by atoms with Crippen LogP contribution in [0.3, 0.4) is 0 Å². The zero-order chi connectivity index (χ0) is 24.3. The number of fused-ring (bicyclic) bond motifs is 1. The molecule has 0 fully saturated rings. The molecule has 4 aromatic rings. The fourth-order valence-electron chi connectivity index (χ4n) is 3.41. The third-order valence-corrected chi connectivity index (χ3v) is 6.71. The summed E-state index contributed by atoms with van der Waals surface area (Å²) < 4.78 is 27.9. The maximum Gasteiger partial charge on any atom is 0.261 e. The second-order valence-electron chi connectivity index (χ2n) is 7.30. The van der Waals surface area contributed by atoms with Crippen LogP contribution in [0.2, 0.25) is 5.02 Å². The number of aliphatic imine (C=N–C) groups is 1. The van der Waals surface area contributed by atoms with E-state index in [9.17, 15) is 13.2 Å². The van der Waals surface area contributed by atoms with Crippen LogP contribution in [-0.2, 0) is 10.0 Å². The molecule has 10 heteroatoms. The highest BCUT2D eigenvalue weighted by Crippen LogP contribution is 2.25. The van der Waals surface area contributed by atoms with Crippen LogP contribution in [0, 0.1) is 0 Å². The van der Waals surface area contributed by atoms with E-state index < -0.39 is 10.0 Å². The van der Waals surface area contributed by atoms with Gasteiger partial charge in [0.25, 0.3) is 10.0 Å². The van der Waals surface area contributed by atoms with Crippen LogP contribution in [0.4, 0.5) is 5.69 Å². The molecule has 0 bridgehead atoms. The SMILES string of the molecule is CN=CC(=CN)c1cnc2[nH]cc(C(=O)c3cccc(NS(=O)(=O)c4ccc(Cl)cc4)c3)c2c1. The number of allylic oxidation sites excluding steroid dienone is 1. The zero-order valence-electron chi connectivity index (χ0n) is 18.0. The lowest BCUT2D eigenvalue weighted by atomic mass is 10.0. The van der Waals surface area contributed by atoms with Gasteiger partial charge in [0.05, 0.1) is 4.90 Å². The second-order valence-corrected chi connectivity index (χ2v) is 9.42. The van der Waals surface area contributed by atoms with Gasteiger partial charge in [0.2, 0.25) is 0 Å². The highest BCUT2D eigenvalue weighted by Gasteiger charge is 2.18. The van der Waals surface area contributed by atoms with Crippen molar-refractivity contribution in [3.8, 4) is 0 Å². The number of nitrogens with two attached hydrogens (primary N) is 1. The van der Waals surface area contributed by atoms with E-state index in [2.05, 4.69) is 19.7 Å². The highest BCUT2D eigenvalue weighted by molar-refractivity contribution is 7.92. The van der Waals surface area contributed by atoms with Crippen molar-refractivity contribution in [1.29, 1.82) is 0 Å². The summed E-state index contributed by atoms with van der Waals surface area (Å²) in [6.07, 6.45) is 6.24. The number of aromatic amines is 1. The van der Waals surface area contributed by atoms with E-state index >= 15 is 0 Å². The molecule has 2 aromatic heterocycles. The third-order valence-electron chi connectivity index (χ3n) is 5.06. The minimum absolute atomic E-state index is 0.0586. The monoisotopic (exact) mass is 493 g/mol. The molecule has 2 heterocycles. The minimum atomic E-state index is -3.85. The Morgan fingerprint density at radius 2 is 1.91 bits per heavy atom. The Balaban J connectivity index is 1.66. The van der Waals surface area contributed by atoms with Crippen molar-refractivity contribution >= 4 is 55.9 Å². The predicted octanol–water partition coefficient (Wildman–Crippen LogP) is 4.25. The van der Waals surface area contributed by atoms with Gasteiger partial charge in [-0.1, -0.05) is 23.7 Å². The lowest BCUT2D eigenvalue weighted by Crippen LogP contribution is -2.13. The van der Waals surface area contributed by atoms with E-state index in [1.54, 1.807) is 49.9 Å². The molecule has 0 spiro atoms. The number of sulfonamides is 1. The number of H-pyrrole nitrogens is 1. The quantitative estimate of drug-likeness (QED) is 0.262. The summed E-state index contributed by atoms with van der Waals surface area (Å²) in [5, 5.41) is 1.04. The predicted molar refractivity (Wildman–Crippen MR) is 135 cm³/mol. The number of ketones is 1. The van der Waals surface area contributed by atoms with Gasteiger partial charge in [-0.05, 0) is 42.5 Å². The number of anilines is 1. The number of carbonyl (C=O) groups excluding carboxylic acids is 1. The Labute approximate surface area is 201 Å². The van der Waals surface area contributed by atoms with Gasteiger partial charge in [-0.15, -0.1) is 0 Å². The van der Waals surface area contributed by atoms with E-state index in [1.807, 2.05) is 0 Å². The van der Waals surface area contributed by atoms with Gasteiger partial charge in [-0.3, -0.25) is 14.5 Å². The van der Waals surface area contributed by atoms with E-state index in [4.69, 9.17) is 17.3 Å². The molecule has 0 aliphatic heterocycles. The van der Waals surface area contributed by atoms with Crippen LogP contribution in [0.1, 0.15) is 21.5 Å². The van der Waals surface area contributed by atoms with Crippen LogP contribution in [0.15, 0.2) is 83.1 Å². The molecule has 4 rings (SSSR count). The van der Waals surface area contributed by atoms with Crippen LogP contribution >= 0.6 is 11.6 Å². The number of hydrogen-bond donors (Lipinski definition) is 3. The first kappa shape index (κ1) is 23.2. The molecule has 0 aliphatic rings. The number of carbonyl (C=O) groups is 1. The van der Waals surface area contributed by atoms with Gasteiger partial charge in [0.15, 0.2) is 5.78 Å². The molecule has 2 aromatic carbocycles. The molecule has 0 unspecified atom stereocenters. The fraction of sp³-hybridized carbons (Fsp3) is 0.0417. The largest absolute Gasteiger partial charge is 0.404 e. The number of rotatable bonds is 7. The Kier molecular flexibility index (Phi) is 6.49. The maximum absolute atomic E-state index is 13.3. The summed E-state index contributed by atoms with van der Waals surface area (Å²) in [6, 6.07) is 13.9. The van der Waals surface area contributed by atoms with Crippen molar-refractivity contribution in [1.82, 2.24) is 9.97 Å². The number of benzene rings is 2. The van der Waals surface area contributed by atoms with Crippen molar-refractivity contribution in [3.05, 3.63) is 94.9 Å². The molecule has 34 heavy (non-hydrogen) atoms. The molecule has 0 atom stereocenters. The summed E-state index contributed by atoms with van der Waals surface area (Å²) in [7, 11) is -2.22. The van der Waals surface area contributed by atoms with E-state index in [0.29, 0.717) is 38.3 Å². The normalized spacial score (nSPS) is 12.4. The number of halogens is 1. The molecule has 0 radical (unpaired) electrons. The van der Waals surface area contributed by atoms with Crippen LogP contribution in [0.5, 0.6) is 0 Å². The average molecular weight is 494 g/mol. The number of aromatic nitrogens is 2. The van der Waals surface area contributed by atoms with Gasteiger partial charge in [-0.2, -0.15) is 0 Å². The third kappa shape index (κ3) is 4.70. The second kappa shape index (κ2) is 9.50. The molecule has 8 nitrogen and oxygen atoms in total. The number of pyridine rings is 1. The Bertz CT molecular complexity index is 1540. The average Bonchev–Trinajstić information content (AvgIpc) is 3.25. The van der Waals surface area contributed by atoms with E-state index in [0.717, 1.165) is 0 Å². The van der Waals surface area contributed by atoms with Crippen molar-refractivity contribution in [2.24, 2.45) is 10.7 Å². The van der Waals surface area contributed by atoms with Gasteiger partial charge in [0, 0.05) is 70.2 Å². The van der Waals surface area contributed by atoms with Gasteiger partial charge in [-0.25, -0.2) is 13.4 Å². The van der Waals surface area contributed by atoms with Crippen LogP contribution in [0.25, 0.3) is 16.6 Å². The van der Waals surface area contributed by atoms with E-state index in [1.165, 1.54) is 36.5 Å². The molecular weight excluding hydrogens is 474 g/mol. The Morgan fingerprint density at radius 3 is 2.62 bits per heavy atom. The van der Waals surface area contributed by atoms with Gasteiger partial charge in [0.1, 0.15) is 5.65 Å². The highest BCUT2D eigenvalue weighted by atomic mass is 35.5. The number of hydrogen-bond acceptors (Lipinski definition) is 6. The summed E-state index contributed by atoms with van der Waals surface area (Å²) in [6.45, 7) is 0. The van der Waals surface area contributed by atoms with Gasteiger partial charge < -0.3 is 10.7 Å². The standard InChI is InChI=1S/C24H20ClN5O3S/c1-27-12-17(11-26)16-10-21-22(14-29-24(21)28-13-16)23(31)15-3-2-4-19(9-15)30-34(32,33)20-7-5-18(25)6-8-20/h2-14,30H,26H2,1H3,(H,28,29). The topological polar surface area (TPSA) is 130 Å². The molecule has 0 amide bonds. The fourth-order valence-corrected chi connectivity index (χ4v) is 4.58. The molecule has 0 saturated heterocycles. The lowest BCUT2D eigenvalue weighted by molar-refractivity contribution is 0.104. The van der Waals surface area contributed by atoms with Crippen LogP contribution in [-0.4, -0.2) is 37.4 Å². The van der Waals surface area contributed by atoms with Crippen molar-refractivity contribution < 1.29 is 13.2 Å². The van der Waals surface area contributed by atoms with Gasteiger partial charge >= 0.3 is 0 Å². The molecular formula is C24H20ClN5O3S. The lowest BCUT2D eigenvalue weighted by Gasteiger charge is -2.09. The van der Waals surface area contributed by atoms with Crippen molar-refractivity contribution in [2.45, 2.75) is 4.90 Å². The Morgan fingerprint density at radius 1 is 1.15 bits per heavy atom. The first-order valence-corrected chi connectivity index (χ1v) is 11.9. The van der Waals surface area contributed by atoms with Crippen LogP contribution < -0.4 is 10.5 Å². The number of nitrogens with zero attached hydrogens (tertiary/aromatic N) is 2. The zero-order valence-corrected chi connectivity index (χ0v) is 19.6. The summed E-state index contributed by atoms with van der Waals surface area (Å²) in [4.78, 5) is 24.7. The maximum atomic E-state index is 13.3. The first-order chi connectivity index (χ1) is 16.3. The molecule has 0 aliphatic carbocycles. The minimum Gasteiger partial charge on any atom is -0.404 e. The molecule has 0 saturated carbocycles. The van der Waals surface area contributed by atoms with Crippen molar-refractivity contribution in [2.75, 3.05) is 11.8 Å².